The zero-order valence-corrected chi connectivity index (χ0v) is 15.5. The van der Waals surface area contributed by atoms with E-state index in [1.165, 1.54) is 11.1 Å². The molecule has 0 aliphatic rings. The highest BCUT2D eigenvalue weighted by molar-refractivity contribution is 6.05. The molecule has 2 rings (SSSR count). The van der Waals surface area contributed by atoms with Crippen molar-refractivity contribution < 1.29 is 0 Å². The van der Waals surface area contributed by atoms with Crippen LogP contribution in [0.5, 0.6) is 0 Å². The third-order valence-corrected chi connectivity index (χ3v) is 4.23. The summed E-state index contributed by atoms with van der Waals surface area (Å²) in [7, 11) is 0. The van der Waals surface area contributed by atoms with Gasteiger partial charge in [0.1, 0.15) is 0 Å². The van der Waals surface area contributed by atoms with E-state index in [0.717, 1.165) is 24.3 Å². The van der Waals surface area contributed by atoms with Crippen LogP contribution in [0.2, 0.25) is 0 Å². The monoisotopic (exact) mass is 323 g/mol. The third-order valence-electron chi connectivity index (χ3n) is 4.23. The maximum absolute atomic E-state index is 8.86. The van der Waals surface area contributed by atoms with Gasteiger partial charge in [-0.1, -0.05) is 31.2 Å². The van der Waals surface area contributed by atoms with Gasteiger partial charge in [0.25, 0.3) is 0 Å². The molecule has 0 saturated heterocycles. The zero-order valence-electron chi connectivity index (χ0n) is 15.5. The minimum atomic E-state index is 0.211. The average Bonchev–Trinajstić information content (AvgIpc) is 2.55. The van der Waals surface area contributed by atoms with E-state index >= 15 is 0 Å². The van der Waals surface area contributed by atoms with E-state index in [9.17, 15) is 0 Å². The lowest BCUT2D eigenvalue weighted by Gasteiger charge is -2.36. The molecular weight excluding hydrogens is 294 g/mol. The molecule has 0 aliphatic carbocycles. The molecule has 128 valence electrons. The maximum Gasteiger partial charge on any atom is 0.203 e. The van der Waals surface area contributed by atoms with Crippen molar-refractivity contribution in [2.24, 2.45) is 0 Å². The number of rotatable bonds is 5. The Hall–Kier alpha value is -2.29. The van der Waals surface area contributed by atoms with Crippen molar-refractivity contribution in [3.63, 3.8) is 0 Å². The Morgan fingerprint density at radius 2 is 1.67 bits per heavy atom. The van der Waals surface area contributed by atoms with Crippen LogP contribution in [-0.2, 0) is 6.42 Å². The van der Waals surface area contributed by atoms with Gasteiger partial charge in [0, 0.05) is 24.0 Å². The summed E-state index contributed by atoms with van der Waals surface area (Å²) in [5.74, 6) is 0.520. The Balaban J connectivity index is 2.39. The summed E-state index contributed by atoms with van der Waals surface area (Å²) in [6, 6.07) is 17.1. The van der Waals surface area contributed by atoms with Crippen LogP contribution in [0.15, 0.2) is 48.5 Å². The Labute approximate surface area is 146 Å². The third kappa shape index (κ3) is 3.97. The molecule has 2 aromatic rings. The van der Waals surface area contributed by atoms with E-state index in [2.05, 4.69) is 92.9 Å². The highest BCUT2D eigenvalue weighted by atomic mass is 15.4. The SMILES string of the molecule is CCc1cccc(N(CC)C(=N)N(c2cccc(C)c2)C(C)C)c1. The predicted molar refractivity (Wildman–Crippen MR) is 105 cm³/mol. The molecule has 0 atom stereocenters. The fourth-order valence-corrected chi connectivity index (χ4v) is 2.97. The van der Waals surface area contributed by atoms with Gasteiger partial charge in [-0.2, -0.15) is 0 Å². The maximum atomic E-state index is 8.86. The smallest absolute Gasteiger partial charge is 0.203 e. The first-order valence-electron chi connectivity index (χ1n) is 8.78. The lowest BCUT2D eigenvalue weighted by atomic mass is 10.1. The lowest BCUT2D eigenvalue weighted by molar-refractivity contribution is 0.787. The molecule has 0 aromatic heterocycles. The van der Waals surface area contributed by atoms with Gasteiger partial charge in [0.15, 0.2) is 0 Å². The lowest BCUT2D eigenvalue weighted by Crippen LogP contribution is -2.47. The first-order valence-corrected chi connectivity index (χ1v) is 8.78. The van der Waals surface area contributed by atoms with Gasteiger partial charge in [-0.05, 0) is 69.5 Å². The Morgan fingerprint density at radius 3 is 2.25 bits per heavy atom. The summed E-state index contributed by atoms with van der Waals surface area (Å²) < 4.78 is 0. The fraction of sp³-hybridized carbons (Fsp3) is 0.381. The van der Waals surface area contributed by atoms with Crippen molar-refractivity contribution in [3.05, 3.63) is 59.7 Å². The number of hydrogen-bond donors (Lipinski definition) is 1. The first-order chi connectivity index (χ1) is 11.5. The molecule has 0 radical (unpaired) electrons. The van der Waals surface area contributed by atoms with Gasteiger partial charge in [-0.15, -0.1) is 0 Å². The summed E-state index contributed by atoms with van der Waals surface area (Å²) in [5, 5.41) is 8.86. The van der Waals surface area contributed by atoms with Crippen LogP contribution in [0.1, 0.15) is 38.8 Å². The van der Waals surface area contributed by atoms with Crippen molar-refractivity contribution in [1.29, 1.82) is 5.41 Å². The molecule has 2 aromatic carbocycles. The van der Waals surface area contributed by atoms with E-state index in [1.807, 2.05) is 0 Å². The highest BCUT2D eigenvalue weighted by Crippen LogP contribution is 2.24. The molecule has 0 amide bonds. The molecule has 3 heteroatoms. The summed E-state index contributed by atoms with van der Waals surface area (Å²) in [6.45, 7) is 11.4. The molecule has 3 nitrogen and oxygen atoms in total. The molecule has 24 heavy (non-hydrogen) atoms. The molecular formula is C21H29N3. The Kier molecular flexibility index (Phi) is 6.02. The molecule has 0 saturated carbocycles. The van der Waals surface area contributed by atoms with Gasteiger partial charge in [-0.3, -0.25) is 5.41 Å². The summed E-state index contributed by atoms with van der Waals surface area (Å²) in [6.07, 6.45) is 1.00. The largest absolute Gasteiger partial charge is 0.313 e. The fourth-order valence-electron chi connectivity index (χ4n) is 2.97. The minimum absolute atomic E-state index is 0.211. The minimum Gasteiger partial charge on any atom is -0.313 e. The molecule has 0 aliphatic heterocycles. The van der Waals surface area contributed by atoms with E-state index < -0.39 is 0 Å². The van der Waals surface area contributed by atoms with Gasteiger partial charge in [0.05, 0.1) is 0 Å². The second-order valence-electron chi connectivity index (χ2n) is 6.39. The number of benzene rings is 2. The van der Waals surface area contributed by atoms with Crippen molar-refractivity contribution >= 4 is 17.3 Å². The van der Waals surface area contributed by atoms with Crippen molar-refractivity contribution in [3.8, 4) is 0 Å². The van der Waals surface area contributed by atoms with E-state index in [4.69, 9.17) is 5.41 Å². The van der Waals surface area contributed by atoms with Crippen LogP contribution in [0.25, 0.3) is 0 Å². The molecule has 0 bridgehead atoms. The normalized spacial score (nSPS) is 10.8. The van der Waals surface area contributed by atoms with Crippen molar-refractivity contribution in [2.75, 3.05) is 16.3 Å². The van der Waals surface area contributed by atoms with Gasteiger partial charge >= 0.3 is 0 Å². The number of guanidine groups is 1. The van der Waals surface area contributed by atoms with E-state index in [0.29, 0.717) is 5.96 Å². The van der Waals surface area contributed by atoms with Crippen LogP contribution in [-0.4, -0.2) is 18.5 Å². The van der Waals surface area contributed by atoms with E-state index in [1.54, 1.807) is 0 Å². The van der Waals surface area contributed by atoms with Crippen LogP contribution in [0, 0.1) is 12.3 Å². The van der Waals surface area contributed by atoms with Crippen LogP contribution in [0.3, 0.4) is 0 Å². The average molecular weight is 323 g/mol. The standard InChI is InChI=1S/C21H29N3/c1-6-18-11-9-12-19(15-18)23(7-2)21(22)24(16(3)4)20-13-8-10-17(5)14-20/h8-16,22H,6-7H2,1-5H3. The predicted octanol–water partition coefficient (Wildman–Crippen LogP) is 5.23. The molecule has 0 heterocycles. The molecule has 0 fully saturated rings. The van der Waals surface area contributed by atoms with Gasteiger partial charge in [0.2, 0.25) is 5.96 Å². The first kappa shape index (κ1) is 18.1. The Morgan fingerprint density at radius 1 is 1.00 bits per heavy atom. The summed E-state index contributed by atoms with van der Waals surface area (Å²) in [5.41, 5.74) is 4.66. The zero-order chi connectivity index (χ0) is 17.7. The Bertz CT molecular complexity index is 691. The highest BCUT2D eigenvalue weighted by Gasteiger charge is 2.22. The molecule has 1 N–H and O–H groups in total. The quantitative estimate of drug-likeness (QED) is 0.603. The topological polar surface area (TPSA) is 30.3 Å². The number of nitrogens with one attached hydrogen (secondary N) is 1. The molecule has 0 unspecified atom stereocenters. The summed E-state index contributed by atoms with van der Waals surface area (Å²) >= 11 is 0. The van der Waals surface area contributed by atoms with Crippen molar-refractivity contribution in [2.45, 2.75) is 47.1 Å². The number of aryl methyl sites for hydroxylation is 2. The number of anilines is 2. The number of nitrogens with zero attached hydrogens (tertiary/aromatic N) is 2. The van der Waals surface area contributed by atoms with Crippen LogP contribution >= 0.6 is 0 Å². The second-order valence-corrected chi connectivity index (χ2v) is 6.39. The van der Waals surface area contributed by atoms with Crippen LogP contribution in [0.4, 0.5) is 11.4 Å². The van der Waals surface area contributed by atoms with E-state index in [-0.39, 0.29) is 6.04 Å². The summed E-state index contributed by atoms with van der Waals surface area (Å²) in [4.78, 5) is 4.16. The number of hydrogen-bond acceptors (Lipinski definition) is 1. The van der Waals surface area contributed by atoms with Gasteiger partial charge < -0.3 is 9.80 Å². The van der Waals surface area contributed by atoms with Gasteiger partial charge in [-0.25, -0.2) is 0 Å². The second kappa shape index (κ2) is 8.00. The van der Waals surface area contributed by atoms with Crippen LogP contribution < -0.4 is 9.80 Å². The molecule has 0 spiro atoms. The van der Waals surface area contributed by atoms with Crippen molar-refractivity contribution in [1.82, 2.24) is 0 Å².